The molecule has 4 nitrogen and oxygen atoms in total. The van der Waals surface area contributed by atoms with Crippen molar-refractivity contribution in [1.82, 2.24) is 0 Å². The van der Waals surface area contributed by atoms with Crippen molar-refractivity contribution < 1.29 is 19.1 Å². The highest BCUT2D eigenvalue weighted by Crippen LogP contribution is 2.44. The van der Waals surface area contributed by atoms with E-state index in [4.69, 9.17) is 9.47 Å². The molecule has 0 aromatic heterocycles. The molecule has 3 aliphatic carbocycles. The van der Waals surface area contributed by atoms with E-state index in [9.17, 15) is 9.59 Å². The highest BCUT2D eigenvalue weighted by Gasteiger charge is 2.44. The van der Waals surface area contributed by atoms with Crippen molar-refractivity contribution in [2.24, 2.45) is 11.8 Å². The molecule has 3 aliphatic rings. The average Bonchev–Trinajstić information content (AvgIpc) is 2.17. The van der Waals surface area contributed by atoms with Crippen LogP contribution in [0, 0.1) is 11.8 Å². The van der Waals surface area contributed by atoms with E-state index >= 15 is 0 Å². The summed E-state index contributed by atoms with van der Waals surface area (Å²) in [6.07, 6.45) is 3.96. The van der Waals surface area contributed by atoms with Gasteiger partial charge in [-0.25, -0.2) is 0 Å². The Bertz CT molecular complexity index is 269. The minimum Gasteiger partial charge on any atom is -0.462 e. The molecule has 0 unspecified atom stereocenters. The van der Waals surface area contributed by atoms with Crippen LogP contribution in [0.25, 0.3) is 0 Å². The molecule has 2 bridgehead atoms. The standard InChI is InChI=1S/C12H18O4/c1-7(13)15-11-5-10-4-3-9(11)6-12(10)16-8(2)14/h9-12H,3-6H2,1-2H3/t9-,10-,11-,12+/m1/s1. The second-order valence-electron chi connectivity index (χ2n) is 4.86. The largest absolute Gasteiger partial charge is 0.462 e. The number of hydrogen-bond acceptors (Lipinski definition) is 4. The molecule has 0 N–H and O–H groups in total. The number of esters is 2. The maximum absolute atomic E-state index is 10.9. The Balaban J connectivity index is 1.95. The number of fused-ring (bicyclic) bond motifs is 3. The van der Waals surface area contributed by atoms with Crippen LogP contribution in [0.4, 0.5) is 0 Å². The second kappa shape index (κ2) is 4.44. The fourth-order valence-corrected chi connectivity index (χ4v) is 3.04. The molecule has 0 spiro atoms. The lowest BCUT2D eigenvalue weighted by Gasteiger charge is -2.45. The van der Waals surface area contributed by atoms with Gasteiger partial charge in [0.1, 0.15) is 12.2 Å². The predicted molar refractivity (Wildman–Crippen MR) is 56.6 cm³/mol. The van der Waals surface area contributed by atoms with Crippen LogP contribution in [-0.2, 0) is 19.1 Å². The molecule has 3 rings (SSSR count). The summed E-state index contributed by atoms with van der Waals surface area (Å²) in [5.74, 6) is 0.333. The first kappa shape index (κ1) is 11.4. The highest BCUT2D eigenvalue weighted by atomic mass is 16.6. The Morgan fingerprint density at radius 1 is 0.875 bits per heavy atom. The Hall–Kier alpha value is -1.06. The van der Waals surface area contributed by atoms with Gasteiger partial charge in [-0.15, -0.1) is 0 Å². The molecular formula is C12H18O4. The fraction of sp³-hybridized carbons (Fsp3) is 0.833. The van der Waals surface area contributed by atoms with E-state index in [0.29, 0.717) is 11.8 Å². The van der Waals surface area contributed by atoms with E-state index in [-0.39, 0.29) is 24.1 Å². The monoisotopic (exact) mass is 226 g/mol. The molecule has 16 heavy (non-hydrogen) atoms. The third kappa shape index (κ3) is 2.36. The summed E-state index contributed by atoms with van der Waals surface area (Å²) < 4.78 is 10.6. The zero-order valence-corrected chi connectivity index (χ0v) is 9.77. The molecule has 3 saturated carbocycles. The van der Waals surface area contributed by atoms with Crippen LogP contribution in [0.1, 0.15) is 39.5 Å². The van der Waals surface area contributed by atoms with Gasteiger partial charge in [0.2, 0.25) is 0 Å². The smallest absolute Gasteiger partial charge is 0.302 e. The molecule has 0 amide bonds. The summed E-state index contributed by atoms with van der Waals surface area (Å²) in [7, 11) is 0. The molecule has 0 aliphatic heterocycles. The van der Waals surface area contributed by atoms with E-state index in [1.54, 1.807) is 0 Å². The molecule has 0 aromatic rings. The van der Waals surface area contributed by atoms with Gasteiger partial charge in [0.25, 0.3) is 0 Å². The first-order valence-corrected chi connectivity index (χ1v) is 5.90. The van der Waals surface area contributed by atoms with E-state index in [2.05, 4.69) is 0 Å². The lowest BCUT2D eigenvalue weighted by Crippen LogP contribution is -2.46. The lowest BCUT2D eigenvalue weighted by atomic mass is 9.67. The molecular weight excluding hydrogens is 208 g/mol. The maximum atomic E-state index is 10.9. The first-order valence-electron chi connectivity index (χ1n) is 5.90. The minimum absolute atomic E-state index is 0.0445. The molecule has 0 aromatic carbocycles. The third-order valence-corrected chi connectivity index (χ3v) is 3.66. The second-order valence-corrected chi connectivity index (χ2v) is 4.86. The number of carbonyl (C=O) groups is 2. The van der Waals surface area contributed by atoms with E-state index in [0.717, 1.165) is 25.7 Å². The number of hydrogen-bond donors (Lipinski definition) is 0. The van der Waals surface area contributed by atoms with E-state index in [1.165, 1.54) is 13.8 Å². The van der Waals surface area contributed by atoms with Crippen LogP contribution >= 0.6 is 0 Å². The first-order chi connectivity index (χ1) is 7.56. The van der Waals surface area contributed by atoms with Gasteiger partial charge in [-0.05, 0) is 37.5 Å². The van der Waals surface area contributed by atoms with Gasteiger partial charge in [-0.1, -0.05) is 0 Å². The summed E-state index contributed by atoms with van der Waals surface area (Å²) in [5, 5.41) is 0. The van der Waals surface area contributed by atoms with Gasteiger partial charge in [0.15, 0.2) is 0 Å². The van der Waals surface area contributed by atoms with Crippen LogP contribution in [0.15, 0.2) is 0 Å². The maximum Gasteiger partial charge on any atom is 0.302 e. The third-order valence-electron chi connectivity index (χ3n) is 3.66. The van der Waals surface area contributed by atoms with Crippen molar-refractivity contribution in [1.29, 1.82) is 0 Å². The van der Waals surface area contributed by atoms with Gasteiger partial charge in [-0.3, -0.25) is 9.59 Å². The van der Waals surface area contributed by atoms with Gasteiger partial charge < -0.3 is 9.47 Å². The van der Waals surface area contributed by atoms with Crippen LogP contribution in [0.3, 0.4) is 0 Å². The molecule has 0 radical (unpaired) electrons. The highest BCUT2D eigenvalue weighted by molar-refractivity contribution is 5.66. The Labute approximate surface area is 95.3 Å². The number of ether oxygens (including phenoxy) is 2. The molecule has 4 atom stereocenters. The van der Waals surface area contributed by atoms with E-state index in [1.807, 2.05) is 0 Å². The SMILES string of the molecule is CC(=O)O[C@H]1C[C@H]2CC[C@@H]1C[C@H]2OC(C)=O. The van der Waals surface area contributed by atoms with Crippen molar-refractivity contribution in [3.8, 4) is 0 Å². The number of rotatable bonds is 2. The van der Waals surface area contributed by atoms with Crippen molar-refractivity contribution in [2.45, 2.75) is 51.7 Å². The van der Waals surface area contributed by atoms with Gasteiger partial charge in [0.05, 0.1) is 0 Å². The lowest BCUT2D eigenvalue weighted by molar-refractivity contribution is -0.172. The van der Waals surface area contributed by atoms with Crippen molar-refractivity contribution in [2.75, 3.05) is 0 Å². The van der Waals surface area contributed by atoms with Crippen molar-refractivity contribution in [3.63, 3.8) is 0 Å². The van der Waals surface area contributed by atoms with Crippen LogP contribution in [0.2, 0.25) is 0 Å². The Morgan fingerprint density at radius 3 is 1.50 bits per heavy atom. The van der Waals surface area contributed by atoms with E-state index < -0.39 is 0 Å². The summed E-state index contributed by atoms with van der Waals surface area (Å²) in [5.41, 5.74) is 0. The predicted octanol–water partition coefficient (Wildman–Crippen LogP) is 1.67. The summed E-state index contributed by atoms with van der Waals surface area (Å²) in [4.78, 5) is 21.9. The van der Waals surface area contributed by atoms with Crippen LogP contribution in [0.5, 0.6) is 0 Å². The molecule has 90 valence electrons. The average molecular weight is 226 g/mol. The van der Waals surface area contributed by atoms with Gasteiger partial charge >= 0.3 is 11.9 Å². The number of carbonyl (C=O) groups excluding carboxylic acids is 2. The summed E-state index contributed by atoms with van der Waals surface area (Å²) >= 11 is 0. The summed E-state index contributed by atoms with van der Waals surface area (Å²) in [6, 6.07) is 0. The topological polar surface area (TPSA) is 52.6 Å². The fourth-order valence-electron chi connectivity index (χ4n) is 3.04. The molecule has 0 heterocycles. The van der Waals surface area contributed by atoms with Crippen LogP contribution in [-0.4, -0.2) is 24.1 Å². The zero-order valence-electron chi connectivity index (χ0n) is 9.77. The summed E-state index contributed by atoms with van der Waals surface area (Å²) in [6.45, 7) is 2.90. The van der Waals surface area contributed by atoms with Gasteiger partial charge in [0, 0.05) is 13.8 Å². The Kier molecular flexibility index (Phi) is 3.17. The normalized spacial score (nSPS) is 36.9. The van der Waals surface area contributed by atoms with Crippen molar-refractivity contribution in [3.05, 3.63) is 0 Å². The van der Waals surface area contributed by atoms with Crippen molar-refractivity contribution >= 4 is 11.9 Å². The van der Waals surface area contributed by atoms with Gasteiger partial charge in [-0.2, -0.15) is 0 Å². The zero-order chi connectivity index (χ0) is 11.7. The molecule has 4 heteroatoms. The Morgan fingerprint density at radius 2 is 1.25 bits per heavy atom. The minimum atomic E-state index is -0.207. The van der Waals surface area contributed by atoms with Crippen LogP contribution < -0.4 is 0 Å². The molecule has 3 fully saturated rings. The molecule has 0 saturated heterocycles. The quantitative estimate of drug-likeness (QED) is 0.672.